The Morgan fingerprint density at radius 2 is 2.31 bits per heavy atom. The van der Waals surface area contributed by atoms with E-state index in [0.717, 1.165) is 39.3 Å². The van der Waals surface area contributed by atoms with Gasteiger partial charge in [0.1, 0.15) is 11.5 Å². The normalized spacial score (nSPS) is 10.9. The van der Waals surface area contributed by atoms with Gasteiger partial charge in [-0.05, 0) is 33.8 Å². The number of rotatable bonds is 3. The van der Waals surface area contributed by atoms with Gasteiger partial charge in [0.2, 0.25) is 0 Å². The van der Waals surface area contributed by atoms with Gasteiger partial charge in [0, 0.05) is 17.1 Å². The zero-order valence-electron chi connectivity index (χ0n) is 9.33. The van der Waals surface area contributed by atoms with Gasteiger partial charge in [-0.25, -0.2) is 0 Å². The molecule has 2 N–H and O–H groups in total. The number of anilines is 1. The van der Waals surface area contributed by atoms with Crippen molar-refractivity contribution in [1.29, 1.82) is 0 Å². The first-order valence-electron chi connectivity index (χ1n) is 5.19. The predicted octanol–water partition coefficient (Wildman–Crippen LogP) is 3.45. The van der Waals surface area contributed by atoms with Crippen molar-refractivity contribution in [1.82, 2.24) is 9.78 Å². The molecular weight excluding hydrogens is 286 g/mol. The van der Waals surface area contributed by atoms with Crippen molar-refractivity contribution in [2.45, 2.75) is 19.8 Å². The third kappa shape index (κ3) is 1.89. The molecule has 0 radical (unpaired) electrons. The van der Waals surface area contributed by atoms with Crippen LogP contribution in [-0.4, -0.2) is 9.78 Å². The first kappa shape index (κ1) is 11.7. The fourth-order valence-corrected chi connectivity index (χ4v) is 3.29. The smallest absolute Gasteiger partial charge is 0.125 e. The molecule has 2 heterocycles. The van der Waals surface area contributed by atoms with Crippen LogP contribution in [0.15, 0.2) is 15.9 Å². The van der Waals surface area contributed by atoms with E-state index in [1.807, 2.05) is 13.1 Å². The van der Waals surface area contributed by atoms with Crippen LogP contribution in [0.2, 0.25) is 0 Å². The van der Waals surface area contributed by atoms with Crippen molar-refractivity contribution in [3.8, 4) is 10.6 Å². The average molecular weight is 300 g/mol. The number of nitrogen functional groups attached to an aromatic ring is 1. The van der Waals surface area contributed by atoms with Crippen LogP contribution in [0, 0.1) is 0 Å². The Labute approximate surface area is 107 Å². The maximum Gasteiger partial charge on any atom is 0.125 e. The van der Waals surface area contributed by atoms with E-state index < -0.39 is 0 Å². The number of halogens is 1. The van der Waals surface area contributed by atoms with E-state index in [1.54, 1.807) is 16.0 Å². The van der Waals surface area contributed by atoms with Gasteiger partial charge in [0.25, 0.3) is 0 Å². The molecule has 0 bridgehead atoms. The standard InChI is InChI=1S/C11H14BrN3S/c1-3-4-7-9(14-15(2)11(7)13)10-8(12)5-6-16-10/h5-6H,3-4,13H2,1-2H3. The first-order valence-corrected chi connectivity index (χ1v) is 6.87. The monoisotopic (exact) mass is 299 g/mol. The molecule has 16 heavy (non-hydrogen) atoms. The molecule has 0 aliphatic heterocycles. The first-order chi connectivity index (χ1) is 7.65. The average Bonchev–Trinajstić information content (AvgIpc) is 2.77. The quantitative estimate of drug-likeness (QED) is 0.943. The molecule has 0 saturated heterocycles. The topological polar surface area (TPSA) is 43.8 Å². The largest absolute Gasteiger partial charge is 0.384 e. The SMILES string of the molecule is CCCc1c(-c2sccc2Br)nn(C)c1N. The Bertz CT molecular complexity index is 501. The molecule has 0 spiro atoms. The van der Waals surface area contributed by atoms with Gasteiger partial charge in [0.15, 0.2) is 0 Å². The lowest BCUT2D eigenvalue weighted by molar-refractivity contribution is 0.781. The molecule has 0 aliphatic carbocycles. The second-order valence-electron chi connectivity index (χ2n) is 3.68. The van der Waals surface area contributed by atoms with E-state index in [2.05, 4.69) is 33.3 Å². The number of hydrogen-bond donors (Lipinski definition) is 1. The lowest BCUT2D eigenvalue weighted by atomic mass is 10.1. The summed E-state index contributed by atoms with van der Waals surface area (Å²) in [5, 5.41) is 6.56. The van der Waals surface area contributed by atoms with E-state index in [9.17, 15) is 0 Å². The van der Waals surface area contributed by atoms with Gasteiger partial charge in [-0.3, -0.25) is 4.68 Å². The second kappa shape index (κ2) is 4.59. The zero-order chi connectivity index (χ0) is 11.7. The lowest BCUT2D eigenvalue weighted by Gasteiger charge is -2.00. The molecule has 0 unspecified atom stereocenters. The van der Waals surface area contributed by atoms with Crippen molar-refractivity contribution < 1.29 is 0 Å². The van der Waals surface area contributed by atoms with Gasteiger partial charge in [0.05, 0.1) is 4.88 Å². The summed E-state index contributed by atoms with van der Waals surface area (Å²) in [5.41, 5.74) is 8.21. The lowest BCUT2D eigenvalue weighted by Crippen LogP contribution is -1.99. The maximum atomic E-state index is 6.04. The molecule has 2 aromatic rings. The van der Waals surface area contributed by atoms with Crippen LogP contribution in [0.5, 0.6) is 0 Å². The molecule has 3 nitrogen and oxygen atoms in total. The van der Waals surface area contributed by atoms with E-state index in [4.69, 9.17) is 5.73 Å². The summed E-state index contributed by atoms with van der Waals surface area (Å²) in [6.45, 7) is 2.15. The molecule has 0 fully saturated rings. The van der Waals surface area contributed by atoms with Crippen molar-refractivity contribution in [3.63, 3.8) is 0 Å². The number of aromatic nitrogens is 2. The molecule has 5 heteroatoms. The number of nitrogens with zero attached hydrogens (tertiary/aromatic N) is 2. The van der Waals surface area contributed by atoms with Crippen LogP contribution in [0.4, 0.5) is 5.82 Å². The predicted molar refractivity (Wildman–Crippen MR) is 72.6 cm³/mol. The number of nitrogens with two attached hydrogens (primary N) is 1. The fraction of sp³-hybridized carbons (Fsp3) is 0.364. The summed E-state index contributed by atoms with van der Waals surface area (Å²) in [4.78, 5) is 1.16. The summed E-state index contributed by atoms with van der Waals surface area (Å²) in [6, 6.07) is 2.04. The summed E-state index contributed by atoms with van der Waals surface area (Å²) >= 11 is 5.23. The Hall–Kier alpha value is -0.810. The molecular formula is C11H14BrN3S. The van der Waals surface area contributed by atoms with Crippen LogP contribution in [0.25, 0.3) is 10.6 Å². The number of aryl methyl sites for hydroxylation is 1. The molecule has 2 rings (SSSR count). The van der Waals surface area contributed by atoms with Gasteiger partial charge in [-0.15, -0.1) is 11.3 Å². The molecule has 0 aromatic carbocycles. The molecule has 0 saturated carbocycles. The van der Waals surface area contributed by atoms with Crippen molar-refractivity contribution in [2.24, 2.45) is 7.05 Å². The van der Waals surface area contributed by atoms with Crippen molar-refractivity contribution in [2.75, 3.05) is 5.73 Å². The van der Waals surface area contributed by atoms with E-state index in [0.29, 0.717) is 0 Å². The van der Waals surface area contributed by atoms with Crippen molar-refractivity contribution in [3.05, 3.63) is 21.5 Å². The van der Waals surface area contributed by atoms with E-state index >= 15 is 0 Å². The van der Waals surface area contributed by atoms with Crippen LogP contribution >= 0.6 is 27.3 Å². The minimum atomic E-state index is 0.775. The Morgan fingerprint density at radius 3 is 2.88 bits per heavy atom. The van der Waals surface area contributed by atoms with Crippen LogP contribution in [-0.2, 0) is 13.5 Å². The highest BCUT2D eigenvalue weighted by atomic mass is 79.9. The summed E-state index contributed by atoms with van der Waals surface area (Å²) < 4.78 is 2.85. The number of thiophene rings is 1. The molecule has 0 atom stereocenters. The van der Waals surface area contributed by atoms with E-state index in [1.165, 1.54) is 0 Å². The minimum Gasteiger partial charge on any atom is -0.384 e. The molecule has 0 aliphatic rings. The molecule has 0 amide bonds. The summed E-state index contributed by atoms with van der Waals surface area (Å²) in [7, 11) is 1.89. The zero-order valence-corrected chi connectivity index (χ0v) is 11.7. The molecule has 86 valence electrons. The second-order valence-corrected chi connectivity index (χ2v) is 5.45. The highest BCUT2D eigenvalue weighted by molar-refractivity contribution is 9.10. The van der Waals surface area contributed by atoms with Crippen molar-refractivity contribution >= 4 is 33.1 Å². The maximum absolute atomic E-state index is 6.04. The van der Waals surface area contributed by atoms with Gasteiger partial charge in [-0.2, -0.15) is 5.10 Å². The molecule has 2 aromatic heterocycles. The number of hydrogen-bond acceptors (Lipinski definition) is 3. The Kier molecular flexibility index (Phi) is 3.35. The van der Waals surface area contributed by atoms with Crippen LogP contribution < -0.4 is 5.73 Å². The Balaban J connectivity index is 2.56. The third-order valence-electron chi connectivity index (χ3n) is 2.53. The fourth-order valence-electron chi connectivity index (χ4n) is 1.72. The van der Waals surface area contributed by atoms with Gasteiger partial charge < -0.3 is 5.73 Å². The van der Waals surface area contributed by atoms with E-state index in [-0.39, 0.29) is 0 Å². The summed E-state index contributed by atoms with van der Waals surface area (Å²) in [5.74, 6) is 0.775. The minimum absolute atomic E-state index is 0.775. The summed E-state index contributed by atoms with van der Waals surface area (Å²) in [6.07, 6.45) is 2.05. The highest BCUT2D eigenvalue weighted by Crippen LogP contribution is 2.36. The highest BCUT2D eigenvalue weighted by Gasteiger charge is 2.17. The van der Waals surface area contributed by atoms with Gasteiger partial charge in [-0.1, -0.05) is 13.3 Å². The van der Waals surface area contributed by atoms with Crippen LogP contribution in [0.1, 0.15) is 18.9 Å². The van der Waals surface area contributed by atoms with Crippen LogP contribution in [0.3, 0.4) is 0 Å². The third-order valence-corrected chi connectivity index (χ3v) is 4.37. The Morgan fingerprint density at radius 1 is 1.56 bits per heavy atom. The van der Waals surface area contributed by atoms with Gasteiger partial charge >= 0.3 is 0 Å².